The van der Waals surface area contributed by atoms with Crippen LogP contribution in [0.25, 0.3) is 65.8 Å². The Morgan fingerprint density at radius 1 is 0.372 bits per heavy atom. The predicted octanol–water partition coefficient (Wildman–Crippen LogP) is 11.8. The number of para-hydroxylation sites is 3. The summed E-state index contributed by atoms with van der Waals surface area (Å²) in [6.07, 6.45) is 0. The summed E-state index contributed by atoms with van der Waals surface area (Å²) in [7, 11) is 0. The van der Waals surface area contributed by atoms with Gasteiger partial charge in [0.25, 0.3) is 0 Å². The molecule has 3 nitrogen and oxygen atoms in total. The summed E-state index contributed by atoms with van der Waals surface area (Å²) in [5.41, 5.74) is 9.09. The second-order valence-corrected chi connectivity index (χ2v) is 10.9. The Kier molecular flexibility index (Phi) is 5.20. The van der Waals surface area contributed by atoms with Gasteiger partial charge in [-0.15, -0.1) is 0 Å². The largest absolute Gasteiger partial charge is 0.456 e. The van der Waals surface area contributed by atoms with E-state index in [1.807, 2.05) is 12.1 Å². The molecular formula is C40H25NO2. The molecule has 0 aliphatic heterocycles. The summed E-state index contributed by atoms with van der Waals surface area (Å²) in [6.45, 7) is 0. The lowest BCUT2D eigenvalue weighted by molar-refractivity contribution is 0.669. The van der Waals surface area contributed by atoms with Crippen LogP contribution < -0.4 is 4.90 Å². The van der Waals surface area contributed by atoms with Gasteiger partial charge in [0.05, 0.1) is 11.1 Å². The van der Waals surface area contributed by atoms with Crippen molar-refractivity contribution in [1.29, 1.82) is 0 Å². The molecule has 0 bridgehead atoms. The molecule has 0 aliphatic carbocycles. The number of furan rings is 2. The fraction of sp³-hybridized carbons (Fsp3) is 0. The molecule has 0 unspecified atom stereocenters. The van der Waals surface area contributed by atoms with Gasteiger partial charge in [-0.25, -0.2) is 0 Å². The Hall–Kier alpha value is -5.80. The summed E-state index contributed by atoms with van der Waals surface area (Å²) < 4.78 is 13.0. The van der Waals surface area contributed by atoms with Crippen LogP contribution in [0.1, 0.15) is 0 Å². The minimum Gasteiger partial charge on any atom is -0.456 e. The molecule has 0 fully saturated rings. The van der Waals surface area contributed by atoms with Crippen molar-refractivity contribution < 1.29 is 8.83 Å². The highest BCUT2D eigenvalue weighted by molar-refractivity contribution is 6.24. The number of benzene rings is 7. The molecule has 2 heterocycles. The Balaban J connectivity index is 1.41. The van der Waals surface area contributed by atoms with E-state index in [1.54, 1.807) is 0 Å². The van der Waals surface area contributed by atoms with E-state index in [1.165, 1.54) is 0 Å². The van der Waals surface area contributed by atoms with Crippen molar-refractivity contribution in [2.75, 3.05) is 4.90 Å². The molecule has 0 saturated carbocycles. The minimum absolute atomic E-state index is 0.860. The van der Waals surface area contributed by atoms with E-state index in [9.17, 15) is 0 Å². The third kappa shape index (κ3) is 3.62. The van der Waals surface area contributed by atoms with Gasteiger partial charge in [0.15, 0.2) is 0 Å². The molecule has 0 saturated heterocycles. The van der Waals surface area contributed by atoms with E-state index in [4.69, 9.17) is 8.83 Å². The van der Waals surface area contributed by atoms with Gasteiger partial charge >= 0.3 is 0 Å². The monoisotopic (exact) mass is 551 g/mol. The maximum Gasteiger partial charge on any atom is 0.143 e. The highest BCUT2D eigenvalue weighted by Crippen LogP contribution is 2.47. The van der Waals surface area contributed by atoms with Crippen LogP contribution in [0.3, 0.4) is 0 Å². The number of rotatable bonds is 4. The standard InChI is InChI=1S/C40H25NO2/c1-3-13-26(14-4-1)41(27-15-5-2-6-16-27)34-21-12-24-37-39(34)33-25-32(28-17-7-8-18-30(28)40(33)43-37)29-20-11-23-36-38(29)31-19-9-10-22-35(31)42-36/h1-25H. The van der Waals surface area contributed by atoms with Gasteiger partial charge in [0.1, 0.15) is 22.3 Å². The number of hydrogen-bond acceptors (Lipinski definition) is 3. The highest BCUT2D eigenvalue weighted by Gasteiger charge is 2.22. The summed E-state index contributed by atoms with van der Waals surface area (Å²) in [4.78, 5) is 2.32. The van der Waals surface area contributed by atoms with E-state index in [2.05, 4.69) is 144 Å². The third-order valence-electron chi connectivity index (χ3n) is 8.44. The Labute approximate surface area is 247 Å². The van der Waals surface area contributed by atoms with Crippen molar-refractivity contribution in [3.63, 3.8) is 0 Å². The highest BCUT2D eigenvalue weighted by atomic mass is 16.3. The summed E-state index contributed by atoms with van der Waals surface area (Å²) in [5, 5.41) is 6.66. The van der Waals surface area contributed by atoms with E-state index >= 15 is 0 Å². The topological polar surface area (TPSA) is 29.5 Å². The molecule has 43 heavy (non-hydrogen) atoms. The molecule has 0 aliphatic rings. The lowest BCUT2D eigenvalue weighted by Gasteiger charge is -2.26. The smallest absolute Gasteiger partial charge is 0.143 e. The molecule has 202 valence electrons. The van der Waals surface area contributed by atoms with E-state index in [-0.39, 0.29) is 0 Å². The maximum absolute atomic E-state index is 6.72. The van der Waals surface area contributed by atoms with Crippen molar-refractivity contribution >= 4 is 71.7 Å². The van der Waals surface area contributed by atoms with Crippen molar-refractivity contribution in [3.05, 3.63) is 152 Å². The van der Waals surface area contributed by atoms with Crippen LogP contribution in [0.2, 0.25) is 0 Å². The van der Waals surface area contributed by atoms with Gasteiger partial charge in [-0.1, -0.05) is 97.1 Å². The van der Waals surface area contributed by atoms with Crippen LogP contribution >= 0.6 is 0 Å². The first-order valence-corrected chi connectivity index (χ1v) is 14.5. The van der Waals surface area contributed by atoms with Crippen molar-refractivity contribution in [2.24, 2.45) is 0 Å². The molecule has 9 aromatic rings. The summed E-state index contributed by atoms with van der Waals surface area (Å²) >= 11 is 0. The number of anilines is 3. The number of hydrogen-bond donors (Lipinski definition) is 0. The van der Waals surface area contributed by atoms with Crippen molar-refractivity contribution in [2.45, 2.75) is 0 Å². The van der Waals surface area contributed by atoms with E-state index in [0.717, 1.165) is 82.8 Å². The zero-order valence-electron chi connectivity index (χ0n) is 23.2. The average molecular weight is 552 g/mol. The van der Waals surface area contributed by atoms with Gasteiger partial charge in [0, 0.05) is 32.9 Å². The molecule has 9 rings (SSSR count). The summed E-state index contributed by atoms with van der Waals surface area (Å²) in [6, 6.07) is 52.9. The van der Waals surface area contributed by atoms with Crippen LogP contribution in [0.5, 0.6) is 0 Å². The fourth-order valence-corrected chi connectivity index (χ4v) is 6.62. The predicted molar refractivity (Wildman–Crippen MR) is 179 cm³/mol. The van der Waals surface area contributed by atoms with Crippen LogP contribution in [-0.2, 0) is 0 Å². The molecule has 0 atom stereocenters. The Morgan fingerprint density at radius 3 is 1.70 bits per heavy atom. The van der Waals surface area contributed by atoms with Gasteiger partial charge in [0.2, 0.25) is 0 Å². The molecular weight excluding hydrogens is 526 g/mol. The summed E-state index contributed by atoms with van der Waals surface area (Å²) in [5.74, 6) is 0. The second kappa shape index (κ2) is 9.37. The molecule has 0 N–H and O–H groups in total. The molecule has 0 radical (unpaired) electrons. The SMILES string of the molecule is c1ccc(N(c2ccccc2)c2cccc3oc4c5ccccc5c(-c5cccc6oc7ccccc7c56)cc4c23)cc1. The Bertz CT molecular complexity index is 2410. The quantitative estimate of drug-likeness (QED) is 0.218. The lowest BCUT2D eigenvalue weighted by atomic mass is 9.92. The fourth-order valence-electron chi connectivity index (χ4n) is 6.62. The average Bonchev–Trinajstić information content (AvgIpc) is 3.65. The minimum atomic E-state index is 0.860. The first-order chi connectivity index (χ1) is 21.3. The van der Waals surface area contributed by atoms with E-state index < -0.39 is 0 Å². The molecule has 0 amide bonds. The molecule has 3 heteroatoms. The Morgan fingerprint density at radius 2 is 0.953 bits per heavy atom. The van der Waals surface area contributed by atoms with Crippen LogP contribution in [-0.4, -0.2) is 0 Å². The number of fused-ring (bicyclic) bond motifs is 8. The molecule has 0 spiro atoms. The normalized spacial score (nSPS) is 11.7. The van der Waals surface area contributed by atoms with Gasteiger partial charge in [-0.2, -0.15) is 0 Å². The zero-order valence-corrected chi connectivity index (χ0v) is 23.2. The van der Waals surface area contributed by atoms with Gasteiger partial charge in [-0.3, -0.25) is 0 Å². The van der Waals surface area contributed by atoms with Crippen LogP contribution in [0.15, 0.2) is 160 Å². The van der Waals surface area contributed by atoms with E-state index in [0.29, 0.717) is 0 Å². The number of nitrogens with zero attached hydrogens (tertiary/aromatic N) is 1. The van der Waals surface area contributed by atoms with Gasteiger partial charge < -0.3 is 13.7 Å². The molecule has 7 aromatic carbocycles. The maximum atomic E-state index is 6.72. The van der Waals surface area contributed by atoms with Crippen LogP contribution in [0.4, 0.5) is 17.1 Å². The zero-order chi connectivity index (χ0) is 28.3. The van der Waals surface area contributed by atoms with Crippen LogP contribution in [0, 0.1) is 0 Å². The first-order valence-electron chi connectivity index (χ1n) is 14.5. The second-order valence-electron chi connectivity index (χ2n) is 10.9. The van der Waals surface area contributed by atoms with Gasteiger partial charge in [-0.05, 0) is 71.1 Å². The lowest BCUT2D eigenvalue weighted by Crippen LogP contribution is -2.09. The molecule has 2 aromatic heterocycles. The third-order valence-corrected chi connectivity index (χ3v) is 8.44. The van der Waals surface area contributed by atoms with Crippen molar-refractivity contribution in [1.82, 2.24) is 0 Å². The van der Waals surface area contributed by atoms with Crippen molar-refractivity contribution in [3.8, 4) is 11.1 Å². The first kappa shape index (κ1) is 23.9.